The van der Waals surface area contributed by atoms with Crippen LogP contribution in [0, 0.1) is 6.92 Å². The van der Waals surface area contributed by atoms with Gasteiger partial charge in [0.1, 0.15) is 5.75 Å². The van der Waals surface area contributed by atoms with Crippen LogP contribution in [0.25, 0.3) is 0 Å². The first-order chi connectivity index (χ1) is 8.17. The van der Waals surface area contributed by atoms with E-state index >= 15 is 0 Å². The van der Waals surface area contributed by atoms with Crippen LogP contribution in [-0.2, 0) is 4.79 Å². The molecule has 4 nitrogen and oxygen atoms in total. The minimum atomic E-state index is 0.189. The molecular formula is C13H18N2O2. The predicted molar refractivity (Wildman–Crippen MR) is 65.9 cm³/mol. The summed E-state index contributed by atoms with van der Waals surface area (Å²) in [7, 11) is 1.66. The van der Waals surface area contributed by atoms with Crippen molar-refractivity contribution in [3.05, 3.63) is 29.3 Å². The van der Waals surface area contributed by atoms with Gasteiger partial charge >= 0.3 is 0 Å². The summed E-state index contributed by atoms with van der Waals surface area (Å²) in [6, 6.07) is 6.25. The van der Waals surface area contributed by atoms with Gasteiger partial charge in [-0.05, 0) is 24.1 Å². The molecule has 17 heavy (non-hydrogen) atoms. The number of nitrogens with two attached hydrogens (primary N) is 1. The number of hydrogen-bond acceptors (Lipinski definition) is 3. The SMILES string of the molecule is COc1ccc(C2CC(=O)N2CCN)cc1C. The first-order valence-electron chi connectivity index (χ1n) is 5.81. The van der Waals surface area contributed by atoms with Gasteiger partial charge in [-0.2, -0.15) is 0 Å². The summed E-state index contributed by atoms with van der Waals surface area (Å²) in [5.41, 5.74) is 7.76. The molecule has 4 heteroatoms. The monoisotopic (exact) mass is 234 g/mol. The lowest BCUT2D eigenvalue weighted by Crippen LogP contribution is -2.48. The zero-order valence-electron chi connectivity index (χ0n) is 10.3. The molecule has 1 aromatic rings. The van der Waals surface area contributed by atoms with Crippen molar-refractivity contribution in [2.24, 2.45) is 5.73 Å². The molecule has 1 aliphatic heterocycles. The number of ether oxygens (including phenoxy) is 1. The van der Waals surface area contributed by atoms with Crippen molar-refractivity contribution in [1.82, 2.24) is 4.90 Å². The fraction of sp³-hybridized carbons (Fsp3) is 0.462. The highest BCUT2D eigenvalue weighted by Gasteiger charge is 2.36. The molecule has 1 atom stereocenters. The molecule has 2 rings (SSSR count). The molecule has 1 fully saturated rings. The lowest BCUT2D eigenvalue weighted by atomic mass is 9.92. The Labute approximate surface area is 101 Å². The summed E-state index contributed by atoms with van der Waals surface area (Å²) in [6.45, 7) is 3.15. The highest BCUT2D eigenvalue weighted by molar-refractivity contribution is 5.83. The maximum Gasteiger partial charge on any atom is 0.225 e. The first kappa shape index (κ1) is 11.9. The van der Waals surface area contributed by atoms with E-state index in [-0.39, 0.29) is 11.9 Å². The van der Waals surface area contributed by atoms with E-state index in [0.29, 0.717) is 19.5 Å². The summed E-state index contributed by atoms with van der Waals surface area (Å²) in [6.07, 6.45) is 0.589. The fourth-order valence-corrected chi connectivity index (χ4v) is 2.28. The molecule has 0 aromatic heterocycles. The smallest absolute Gasteiger partial charge is 0.225 e. The molecule has 0 saturated carbocycles. The average Bonchev–Trinajstić information content (AvgIpc) is 2.33. The predicted octanol–water partition coefficient (Wildman–Crippen LogP) is 1.24. The first-order valence-corrected chi connectivity index (χ1v) is 5.81. The number of rotatable bonds is 4. The van der Waals surface area contributed by atoms with Gasteiger partial charge in [0.25, 0.3) is 0 Å². The third kappa shape index (κ3) is 2.13. The molecule has 1 unspecified atom stereocenters. The molecular weight excluding hydrogens is 216 g/mol. The molecule has 0 radical (unpaired) electrons. The Kier molecular flexibility index (Phi) is 3.33. The number of hydrogen-bond donors (Lipinski definition) is 1. The number of β-lactam (4-membered cyclic amide) rings is 1. The van der Waals surface area contributed by atoms with Crippen LogP contribution in [0.5, 0.6) is 5.75 Å². The molecule has 1 amide bonds. The molecule has 92 valence electrons. The fourth-order valence-electron chi connectivity index (χ4n) is 2.28. The largest absolute Gasteiger partial charge is 0.496 e. The van der Waals surface area contributed by atoms with Crippen molar-refractivity contribution >= 4 is 5.91 Å². The van der Waals surface area contributed by atoms with Gasteiger partial charge in [0, 0.05) is 13.1 Å². The van der Waals surface area contributed by atoms with E-state index in [0.717, 1.165) is 16.9 Å². The lowest BCUT2D eigenvalue weighted by Gasteiger charge is -2.40. The lowest BCUT2D eigenvalue weighted by molar-refractivity contribution is -0.146. The molecule has 1 aliphatic rings. The summed E-state index contributed by atoms with van der Waals surface area (Å²) in [4.78, 5) is 13.3. The second-order valence-corrected chi connectivity index (χ2v) is 4.32. The number of carbonyl (C=O) groups excluding carboxylic acids is 1. The third-order valence-corrected chi connectivity index (χ3v) is 3.24. The van der Waals surface area contributed by atoms with Crippen molar-refractivity contribution in [3.8, 4) is 5.75 Å². The Hall–Kier alpha value is -1.55. The molecule has 1 saturated heterocycles. The molecule has 0 spiro atoms. The van der Waals surface area contributed by atoms with Crippen LogP contribution in [0.4, 0.5) is 0 Å². The number of aryl methyl sites for hydroxylation is 1. The summed E-state index contributed by atoms with van der Waals surface area (Å²) >= 11 is 0. The Morgan fingerprint density at radius 1 is 1.53 bits per heavy atom. The Bertz CT molecular complexity index is 431. The maximum atomic E-state index is 11.5. The van der Waals surface area contributed by atoms with Crippen molar-refractivity contribution in [2.75, 3.05) is 20.2 Å². The van der Waals surface area contributed by atoms with Crippen molar-refractivity contribution < 1.29 is 9.53 Å². The summed E-state index contributed by atoms with van der Waals surface area (Å²) in [5, 5.41) is 0. The van der Waals surface area contributed by atoms with E-state index in [4.69, 9.17) is 10.5 Å². The number of amides is 1. The molecule has 0 aliphatic carbocycles. The van der Waals surface area contributed by atoms with Crippen LogP contribution in [0.1, 0.15) is 23.6 Å². The normalized spacial score (nSPS) is 19.1. The highest BCUT2D eigenvalue weighted by atomic mass is 16.5. The van der Waals surface area contributed by atoms with Crippen molar-refractivity contribution in [2.45, 2.75) is 19.4 Å². The maximum absolute atomic E-state index is 11.5. The van der Waals surface area contributed by atoms with Crippen molar-refractivity contribution in [3.63, 3.8) is 0 Å². The van der Waals surface area contributed by atoms with Crippen LogP contribution >= 0.6 is 0 Å². The zero-order valence-corrected chi connectivity index (χ0v) is 10.3. The molecule has 1 aromatic carbocycles. The molecule has 2 N–H and O–H groups in total. The third-order valence-electron chi connectivity index (χ3n) is 3.24. The van der Waals surface area contributed by atoms with Gasteiger partial charge < -0.3 is 15.4 Å². The van der Waals surface area contributed by atoms with Crippen LogP contribution in [0.15, 0.2) is 18.2 Å². The average molecular weight is 234 g/mol. The van der Waals surface area contributed by atoms with E-state index in [1.807, 2.05) is 24.0 Å². The van der Waals surface area contributed by atoms with Crippen LogP contribution in [0.3, 0.4) is 0 Å². The van der Waals surface area contributed by atoms with E-state index in [2.05, 4.69) is 6.07 Å². The molecule has 0 bridgehead atoms. The summed E-state index contributed by atoms with van der Waals surface area (Å²) in [5.74, 6) is 1.07. The highest BCUT2D eigenvalue weighted by Crippen LogP contribution is 2.35. The second kappa shape index (κ2) is 4.75. The van der Waals surface area contributed by atoms with E-state index in [1.165, 1.54) is 0 Å². The number of likely N-dealkylation sites (tertiary alicyclic amines) is 1. The minimum absolute atomic E-state index is 0.189. The van der Waals surface area contributed by atoms with Gasteiger partial charge in [-0.1, -0.05) is 12.1 Å². The number of methoxy groups -OCH3 is 1. The number of benzene rings is 1. The van der Waals surface area contributed by atoms with E-state index in [1.54, 1.807) is 7.11 Å². The Morgan fingerprint density at radius 2 is 2.29 bits per heavy atom. The zero-order chi connectivity index (χ0) is 12.4. The Balaban J connectivity index is 2.18. The number of carbonyl (C=O) groups is 1. The minimum Gasteiger partial charge on any atom is -0.496 e. The summed E-state index contributed by atoms with van der Waals surface area (Å²) < 4.78 is 5.23. The van der Waals surface area contributed by atoms with E-state index in [9.17, 15) is 4.79 Å². The van der Waals surface area contributed by atoms with Gasteiger partial charge in [0.05, 0.1) is 19.6 Å². The van der Waals surface area contributed by atoms with E-state index < -0.39 is 0 Å². The number of nitrogens with zero attached hydrogens (tertiary/aromatic N) is 1. The molecule has 1 heterocycles. The topological polar surface area (TPSA) is 55.6 Å². The van der Waals surface area contributed by atoms with Gasteiger partial charge in [0.15, 0.2) is 0 Å². The Morgan fingerprint density at radius 3 is 2.82 bits per heavy atom. The van der Waals surface area contributed by atoms with Crippen LogP contribution in [-0.4, -0.2) is 31.0 Å². The second-order valence-electron chi connectivity index (χ2n) is 4.32. The van der Waals surface area contributed by atoms with Crippen molar-refractivity contribution in [1.29, 1.82) is 0 Å². The van der Waals surface area contributed by atoms with Gasteiger partial charge in [-0.3, -0.25) is 4.79 Å². The van der Waals surface area contributed by atoms with Crippen LogP contribution in [0.2, 0.25) is 0 Å². The van der Waals surface area contributed by atoms with Gasteiger partial charge in [0.2, 0.25) is 5.91 Å². The van der Waals surface area contributed by atoms with Gasteiger partial charge in [-0.15, -0.1) is 0 Å². The standard InChI is InChI=1S/C13H18N2O2/c1-9-7-10(3-4-12(9)17-2)11-8-13(16)15(11)6-5-14/h3-4,7,11H,5-6,8,14H2,1-2H3. The van der Waals surface area contributed by atoms with Crippen LogP contribution < -0.4 is 10.5 Å². The van der Waals surface area contributed by atoms with Gasteiger partial charge in [-0.25, -0.2) is 0 Å². The quantitative estimate of drug-likeness (QED) is 0.797.